The third-order valence-corrected chi connectivity index (χ3v) is 3.96. The second-order valence-electron chi connectivity index (χ2n) is 4.57. The summed E-state index contributed by atoms with van der Waals surface area (Å²) in [4.78, 5) is 11.9. The highest BCUT2D eigenvalue weighted by Crippen LogP contribution is 2.38. The number of para-hydroxylation sites is 1. The molecule has 2 aromatic carbocycles. The largest absolute Gasteiger partial charge is 0.482 e. The lowest BCUT2D eigenvalue weighted by atomic mass is 10.1. The number of alkyl halides is 3. The van der Waals surface area contributed by atoms with Gasteiger partial charge in [0.1, 0.15) is 5.75 Å². The van der Waals surface area contributed by atoms with Gasteiger partial charge in [0.2, 0.25) is 0 Å². The Kier molecular flexibility index (Phi) is 6.01. The highest BCUT2D eigenvalue weighted by atomic mass is 79.9. The van der Waals surface area contributed by atoms with E-state index in [1.54, 1.807) is 12.1 Å². The third-order valence-electron chi connectivity index (χ3n) is 2.84. The summed E-state index contributed by atoms with van der Waals surface area (Å²) in [5.41, 5.74) is -1.55. The molecule has 24 heavy (non-hydrogen) atoms. The zero-order valence-electron chi connectivity index (χ0n) is 11.8. The Bertz CT molecular complexity index is 769. The molecule has 2 rings (SSSR count). The van der Waals surface area contributed by atoms with E-state index in [0.717, 1.165) is 12.1 Å². The average molecular weight is 443 g/mol. The standard InChI is InChI=1S/C15H9BrCl2F3NO2/c16-8-4-5-10(17)12(6-8)24-7-13(23)22-14-9(15(19,20)21)2-1-3-11(14)18/h1-6H,7H2,(H,22,23). The molecule has 3 nitrogen and oxygen atoms in total. The van der Waals surface area contributed by atoms with Crippen LogP contribution in [0.15, 0.2) is 40.9 Å². The van der Waals surface area contributed by atoms with Gasteiger partial charge in [-0.1, -0.05) is 45.2 Å². The first kappa shape index (κ1) is 18.9. The number of hydrogen-bond acceptors (Lipinski definition) is 2. The minimum atomic E-state index is -4.65. The number of amides is 1. The molecular weight excluding hydrogens is 434 g/mol. The first-order chi connectivity index (χ1) is 11.2. The molecule has 0 saturated heterocycles. The molecule has 0 aliphatic carbocycles. The molecule has 1 amide bonds. The molecule has 1 N–H and O–H groups in total. The quantitative estimate of drug-likeness (QED) is 0.650. The van der Waals surface area contributed by atoms with Crippen molar-refractivity contribution in [3.8, 4) is 5.75 Å². The Morgan fingerprint density at radius 3 is 2.54 bits per heavy atom. The van der Waals surface area contributed by atoms with Gasteiger partial charge in [-0.2, -0.15) is 13.2 Å². The fourth-order valence-electron chi connectivity index (χ4n) is 1.79. The zero-order chi connectivity index (χ0) is 17.9. The van der Waals surface area contributed by atoms with Crippen LogP contribution in [0.25, 0.3) is 0 Å². The van der Waals surface area contributed by atoms with Gasteiger partial charge < -0.3 is 10.1 Å². The number of carbonyl (C=O) groups is 1. The average Bonchev–Trinajstić information content (AvgIpc) is 2.49. The van der Waals surface area contributed by atoms with Crippen LogP contribution in [-0.2, 0) is 11.0 Å². The van der Waals surface area contributed by atoms with E-state index in [9.17, 15) is 18.0 Å². The monoisotopic (exact) mass is 441 g/mol. The summed E-state index contributed by atoms with van der Waals surface area (Å²) in [6.07, 6.45) is -4.65. The summed E-state index contributed by atoms with van der Waals surface area (Å²) >= 11 is 14.9. The fraction of sp³-hybridized carbons (Fsp3) is 0.133. The minimum absolute atomic E-state index is 0.219. The van der Waals surface area contributed by atoms with Gasteiger partial charge in [-0.25, -0.2) is 0 Å². The first-order valence-corrected chi connectivity index (χ1v) is 7.97. The normalized spacial score (nSPS) is 11.2. The molecule has 2 aromatic rings. The number of benzene rings is 2. The summed E-state index contributed by atoms with van der Waals surface area (Å²) in [7, 11) is 0. The van der Waals surface area contributed by atoms with Crippen molar-refractivity contribution in [2.45, 2.75) is 6.18 Å². The van der Waals surface area contributed by atoms with Crippen molar-refractivity contribution in [1.29, 1.82) is 0 Å². The van der Waals surface area contributed by atoms with E-state index in [2.05, 4.69) is 21.2 Å². The summed E-state index contributed by atoms with van der Waals surface area (Å²) in [6, 6.07) is 7.99. The molecule has 0 radical (unpaired) electrons. The predicted octanol–water partition coefficient (Wildman–Crippen LogP) is 5.79. The van der Waals surface area contributed by atoms with Gasteiger partial charge in [0.25, 0.3) is 5.91 Å². The van der Waals surface area contributed by atoms with Gasteiger partial charge in [0.15, 0.2) is 6.61 Å². The van der Waals surface area contributed by atoms with Crippen LogP contribution in [0.2, 0.25) is 10.0 Å². The van der Waals surface area contributed by atoms with Crippen molar-refractivity contribution in [3.05, 3.63) is 56.5 Å². The van der Waals surface area contributed by atoms with Crippen LogP contribution in [0.1, 0.15) is 5.56 Å². The van der Waals surface area contributed by atoms with Crippen molar-refractivity contribution < 1.29 is 22.7 Å². The molecule has 0 unspecified atom stereocenters. The Morgan fingerprint density at radius 1 is 1.17 bits per heavy atom. The molecule has 9 heteroatoms. The van der Waals surface area contributed by atoms with Crippen LogP contribution < -0.4 is 10.1 Å². The van der Waals surface area contributed by atoms with Crippen molar-refractivity contribution in [2.24, 2.45) is 0 Å². The van der Waals surface area contributed by atoms with Crippen LogP contribution in [-0.4, -0.2) is 12.5 Å². The lowest BCUT2D eigenvalue weighted by Gasteiger charge is -2.15. The Hall–Kier alpha value is -1.44. The van der Waals surface area contributed by atoms with Gasteiger partial charge in [-0.05, 0) is 30.3 Å². The second-order valence-corrected chi connectivity index (χ2v) is 6.30. The number of carbonyl (C=O) groups excluding carboxylic acids is 1. The molecule has 0 spiro atoms. The van der Waals surface area contributed by atoms with E-state index in [4.69, 9.17) is 27.9 Å². The molecule has 0 saturated carbocycles. The lowest BCUT2D eigenvalue weighted by molar-refractivity contribution is -0.137. The zero-order valence-corrected chi connectivity index (χ0v) is 14.9. The van der Waals surface area contributed by atoms with Crippen LogP contribution >= 0.6 is 39.1 Å². The highest BCUT2D eigenvalue weighted by molar-refractivity contribution is 9.10. The van der Waals surface area contributed by atoms with Gasteiger partial charge >= 0.3 is 6.18 Å². The molecule has 0 atom stereocenters. The van der Waals surface area contributed by atoms with E-state index in [-0.39, 0.29) is 15.8 Å². The van der Waals surface area contributed by atoms with Gasteiger partial charge in [-0.15, -0.1) is 0 Å². The van der Waals surface area contributed by atoms with Crippen molar-refractivity contribution >= 4 is 50.7 Å². The van der Waals surface area contributed by atoms with E-state index in [0.29, 0.717) is 4.47 Å². The Balaban J connectivity index is 2.12. The molecule has 0 aromatic heterocycles. The minimum Gasteiger partial charge on any atom is -0.482 e. The lowest BCUT2D eigenvalue weighted by Crippen LogP contribution is -2.22. The topological polar surface area (TPSA) is 38.3 Å². The molecular formula is C15H9BrCl2F3NO2. The first-order valence-electron chi connectivity index (χ1n) is 6.42. The second kappa shape index (κ2) is 7.63. The summed E-state index contributed by atoms with van der Waals surface area (Å²) < 4.78 is 44.8. The number of rotatable bonds is 4. The maximum absolute atomic E-state index is 13.0. The number of anilines is 1. The van der Waals surface area contributed by atoms with Crippen LogP contribution in [0.3, 0.4) is 0 Å². The number of hydrogen-bond donors (Lipinski definition) is 1. The highest BCUT2D eigenvalue weighted by Gasteiger charge is 2.34. The number of ether oxygens (including phenoxy) is 1. The van der Waals surface area contributed by atoms with Gasteiger partial charge in [0, 0.05) is 4.47 Å². The van der Waals surface area contributed by atoms with Gasteiger partial charge in [0.05, 0.1) is 21.3 Å². The molecule has 0 fully saturated rings. The smallest absolute Gasteiger partial charge is 0.418 e. The maximum Gasteiger partial charge on any atom is 0.418 e. The Labute approximate surface area is 153 Å². The molecule has 0 aliphatic rings. The summed E-state index contributed by atoms with van der Waals surface area (Å²) in [5.74, 6) is -0.582. The van der Waals surface area contributed by atoms with Gasteiger partial charge in [-0.3, -0.25) is 4.79 Å². The number of nitrogens with one attached hydrogen (secondary N) is 1. The summed E-state index contributed by atoms with van der Waals surface area (Å²) in [5, 5.41) is 2.16. The molecule has 0 bridgehead atoms. The van der Waals surface area contributed by atoms with Crippen molar-refractivity contribution in [1.82, 2.24) is 0 Å². The Morgan fingerprint density at radius 2 is 1.88 bits per heavy atom. The van der Waals surface area contributed by atoms with Crippen molar-refractivity contribution in [3.63, 3.8) is 0 Å². The SMILES string of the molecule is O=C(COc1cc(Br)ccc1Cl)Nc1c(Cl)cccc1C(F)(F)F. The maximum atomic E-state index is 13.0. The molecule has 128 valence electrons. The summed E-state index contributed by atoms with van der Waals surface area (Å²) in [6.45, 7) is -0.529. The van der Waals surface area contributed by atoms with Crippen LogP contribution in [0.4, 0.5) is 18.9 Å². The van der Waals surface area contributed by atoms with Crippen LogP contribution in [0.5, 0.6) is 5.75 Å². The van der Waals surface area contributed by atoms with Crippen LogP contribution in [0, 0.1) is 0 Å². The fourth-order valence-corrected chi connectivity index (χ4v) is 2.53. The van der Waals surface area contributed by atoms with Crippen molar-refractivity contribution in [2.75, 3.05) is 11.9 Å². The third kappa shape index (κ3) is 4.78. The van der Waals surface area contributed by atoms with E-state index in [1.807, 2.05) is 0 Å². The molecule has 0 aliphatic heterocycles. The predicted molar refractivity (Wildman–Crippen MR) is 89.7 cm³/mol. The van der Waals surface area contributed by atoms with E-state index >= 15 is 0 Å². The van der Waals surface area contributed by atoms with E-state index < -0.39 is 29.9 Å². The van der Waals surface area contributed by atoms with E-state index in [1.165, 1.54) is 12.1 Å². The number of halogens is 6. The molecule has 0 heterocycles.